The summed E-state index contributed by atoms with van der Waals surface area (Å²) in [6.45, 7) is 1.80. The van der Waals surface area contributed by atoms with Crippen molar-refractivity contribution in [2.24, 2.45) is 5.10 Å². The van der Waals surface area contributed by atoms with Crippen LogP contribution in [0.3, 0.4) is 0 Å². The molecule has 0 unspecified atom stereocenters. The maximum Gasteiger partial charge on any atom is 0.316 e. The summed E-state index contributed by atoms with van der Waals surface area (Å²) in [6.07, 6.45) is 0. The predicted molar refractivity (Wildman–Crippen MR) is 77.9 cm³/mol. The Balaban J connectivity index is 1.84. The van der Waals surface area contributed by atoms with Crippen LogP contribution in [0.5, 0.6) is 5.75 Å². The summed E-state index contributed by atoms with van der Waals surface area (Å²) in [4.78, 5) is 4.25. The number of hydrogen-bond donors (Lipinski definition) is 2. The first kappa shape index (κ1) is 12.2. The topological polar surface area (TPSA) is 70.7 Å². The molecule has 20 heavy (non-hydrogen) atoms. The molecule has 0 atom stereocenters. The standard InChI is InChI=1S/C15H13N3O2/c1-10(11-6-2-4-8-13(11)19)17-18-15-16-12-7-3-5-9-14(12)20-15/h2-9,19H,1H3,(H,16,18)/b17-10+. The van der Waals surface area contributed by atoms with Crippen LogP contribution in [0, 0.1) is 0 Å². The molecule has 0 aliphatic rings. The molecule has 0 aliphatic carbocycles. The minimum Gasteiger partial charge on any atom is -0.507 e. The maximum atomic E-state index is 9.74. The van der Waals surface area contributed by atoms with E-state index >= 15 is 0 Å². The number of aromatic nitrogens is 1. The first-order valence-electron chi connectivity index (χ1n) is 6.18. The fraction of sp³-hybridized carbons (Fsp3) is 0.0667. The van der Waals surface area contributed by atoms with Gasteiger partial charge in [-0.1, -0.05) is 24.3 Å². The molecule has 1 heterocycles. The van der Waals surface area contributed by atoms with Crippen molar-refractivity contribution < 1.29 is 9.52 Å². The summed E-state index contributed by atoms with van der Waals surface area (Å²) in [6, 6.07) is 14.8. The molecule has 100 valence electrons. The number of hydrazone groups is 1. The Bertz CT molecular complexity index is 744. The number of fused-ring (bicyclic) bond motifs is 1. The van der Waals surface area contributed by atoms with E-state index in [1.807, 2.05) is 30.3 Å². The lowest BCUT2D eigenvalue weighted by Crippen LogP contribution is -2.00. The van der Waals surface area contributed by atoms with Crippen molar-refractivity contribution in [3.05, 3.63) is 54.1 Å². The molecule has 0 fully saturated rings. The lowest BCUT2D eigenvalue weighted by atomic mass is 10.1. The Kier molecular flexibility index (Phi) is 3.09. The van der Waals surface area contributed by atoms with E-state index in [1.165, 1.54) is 0 Å². The quantitative estimate of drug-likeness (QED) is 0.564. The second kappa shape index (κ2) is 5.05. The molecule has 0 saturated carbocycles. The second-order valence-electron chi connectivity index (χ2n) is 4.31. The smallest absolute Gasteiger partial charge is 0.316 e. The van der Waals surface area contributed by atoms with Gasteiger partial charge in [-0.25, -0.2) is 5.43 Å². The molecule has 1 aromatic heterocycles. The van der Waals surface area contributed by atoms with E-state index in [4.69, 9.17) is 4.42 Å². The molecular weight excluding hydrogens is 254 g/mol. The Labute approximate surface area is 115 Å². The van der Waals surface area contributed by atoms with Crippen LogP contribution in [0.1, 0.15) is 12.5 Å². The summed E-state index contributed by atoms with van der Waals surface area (Å²) >= 11 is 0. The fourth-order valence-corrected chi connectivity index (χ4v) is 1.89. The van der Waals surface area contributed by atoms with Crippen molar-refractivity contribution in [2.75, 3.05) is 5.43 Å². The molecular formula is C15H13N3O2. The second-order valence-corrected chi connectivity index (χ2v) is 4.31. The number of nitrogens with one attached hydrogen (secondary N) is 1. The molecule has 2 aromatic carbocycles. The monoisotopic (exact) mass is 267 g/mol. The normalized spacial score (nSPS) is 11.8. The van der Waals surface area contributed by atoms with Gasteiger partial charge < -0.3 is 9.52 Å². The highest BCUT2D eigenvalue weighted by atomic mass is 16.4. The molecule has 5 nitrogen and oxygen atoms in total. The van der Waals surface area contributed by atoms with Gasteiger partial charge >= 0.3 is 6.01 Å². The van der Waals surface area contributed by atoms with Crippen LogP contribution in [0.2, 0.25) is 0 Å². The Hall–Kier alpha value is -2.82. The molecule has 0 bridgehead atoms. The number of aromatic hydroxyl groups is 1. The van der Waals surface area contributed by atoms with Gasteiger partial charge in [0.15, 0.2) is 5.58 Å². The average Bonchev–Trinajstić information content (AvgIpc) is 2.88. The van der Waals surface area contributed by atoms with Crippen LogP contribution < -0.4 is 5.43 Å². The third kappa shape index (κ3) is 2.33. The summed E-state index contributed by atoms with van der Waals surface area (Å²) < 4.78 is 5.49. The highest BCUT2D eigenvalue weighted by Gasteiger charge is 2.06. The number of nitrogens with zero attached hydrogens (tertiary/aromatic N) is 2. The maximum absolute atomic E-state index is 9.74. The molecule has 3 rings (SSSR count). The number of oxazole rings is 1. The van der Waals surface area contributed by atoms with E-state index in [1.54, 1.807) is 25.1 Å². The minimum atomic E-state index is 0.188. The van der Waals surface area contributed by atoms with Crippen molar-refractivity contribution >= 4 is 22.8 Å². The van der Waals surface area contributed by atoms with Crippen LogP contribution in [0.25, 0.3) is 11.1 Å². The predicted octanol–water partition coefficient (Wildman–Crippen LogP) is 3.37. The van der Waals surface area contributed by atoms with E-state index < -0.39 is 0 Å². The Morgan fingerprint density at radius 3 is 2.70 bits per heavy atom. The van der Waals surface area contributed by atoms with E-state index in [9.17, 15) is 5.11 Å². The SMILES string of the molecule is C/C(=N\Nc1nc2ccccc2o1)c1ccccc1O. The highest BCUT2D eigenvalue weighted by molar-refractivity contribution is 6.01. The number of hydrogen-bond acceptors (Lipinski definition) is 5. The van der Waals surface area contributed by atoms with Gasteiger partial charge in [-0.3, -0.25) is 0 Å². The van der Waals surface area contributed by atoms with Gasteiger partial charge in [0.25, 0.3) is 0 Å². The number of phenolic OH excluding ortho intramolecular Hbond substituents is 1. The van der Waals surface area contributed by atoms with Crippen molar-refractivity contribution in [1.82, 2.24) is 4.98 Å². The molecule has 0 saturated heterocycles. The van der Waals surface area contributed by atoms with Gasteiger partial charge in [0.2, 0.25) is 0 Å². The average molecular weight is 267 g/mol. The van der Waals surface area contributed by atoms with Gasteiger partial charge in [0, 0.05) is 5.56 Å². The summed E-state index contributed by atoms with van der Waals surface area (Å²) in [5.41, 5.74) is 5.53. The number of benzene rings is 2. The third-order valence-corrected chi connectivity index (χ3v) is 2.91. The van der Waals surface area contributed by atoms with Crippen LogP contribution in [-0.2, 0) is 0 Å². The molecule has 2 N–H and O–H groups in total. The Morgan fingerprint density at radius 1 is 1.15 bits per heavy atom. The number of rotatable bonds is 3. The van der Waals surface area contributed by atoms with Crippen LogP contribution in [0.15, 0.2) is 58.0 Å². The van der Waals surface area contributed by atoms with Crippen molar-refractivity contribution in [2.45, 2.75) is 6.92 Å². The van der Waals surface area contributed by atoms with Gasteiger partial charge in [0.05, 0.1) is 5.71 Å². The summed E-state index contributed by atoms with van der Waals surface area (Å²) in [5, 5.41) is 13.9. The molecule has 5 heteroatoms. The van der Waals surface area contributed by atoms with Crippen molar-refractivity contribution in [3.8, 4) is 5.75 Å². The highest BCUT2D eigenvalue weighted by Crippen LogP contribution is 2.19. The summed E-state index contributed by atoms with van der Waals surface area (Å²) in [5.74, 6) is 0.188. The molecule has 0 amide bonds. The third-order valence-electron chi connectivity index (χ3n) is 2.91. The number of phenols is 1. The zero-order valence-corrected chi connectivity index (χ0v) is 10.9. The zero-order chi connectivity index (χ0) is 13.9. The van der Waals surface area contributed by atoms with Gasteiger partial charge in [-0.15, -0.1) is 0 Å². The van der Waals surface area contributed by atoms with E-state index in [0.717, 1.165) is 5.52 Å². The fourth-order valence-electron chi connectivity index (χ4n) is 1.89. The lowest BCUT2D eigenvalue weighted by Gasteiger charge is -2.03. The van der Waals surface area contributed by atoms with E-state index in [2.05, 4.69) is 15.5 Å². The first-order valence-corrected chi connectivity index (χ1v) is 6.18. The van der Waals surface area contributed by atoms with Crippen molar-refractivity contribution in [3.63, 3.8) is 0 Å². The lowest BCUT2D eigenvalue weighted by molar-refractivity contribution is 0.474. The Morgan fingerprint density at radius 2 is 1.90 bits per heavy atom. The van der Waals surface area contributed by atoms with Gasteiger partial charge in [0.1, 0.15) is 11.3 Å². The van der Waals surface area contributed by atoms with Gasteiger partial charge in [-0.2, -0.15) is 10.1 Å². The molecule has 0 radical (unpaired) electrons. The molecule has 0 aliphatic heterocycles. The van der Waals surface area contributed by atoms with E-state index in [-0.39, 0.29) is 5.75 Å². The zero-order valence-electron chi connectivity index (χ0n) is 10.9. The number of anilines is 1. The minimum absolute atomic E-state index is 0.188. The molecule has 3 aromatic rings. The summed E-state index contributed by atoms with van der Waals surface area (Å²) in [7, 11) is 0. The van der Waals surface area contributed by atoms with Crippen LogP contribution in [0.4, 0.5) is 6.01 Å². The van der Waals surface area contributed by atoms with Crippen LogP contribution in [-0.4, -0.2) is 15.8 Å². The van der Waals surface area contributed by atoms with Crippen molar-refractivity contribution in [1.29, 1.82) is 0 Å². The van der Waals surface area contributed by atoms with Crippen LogP contribution >= 0.6 is 0 Å². The first-order chi connectivity index (χ1) is 9.74. The van der Waals surface area contributed by atoms with Gasteiger partial charge in [-0.05, 0) is 31.2 Å². The molecule has 0 spiro atoms. The largest absolute Gasteiger partial charge is 0.507 e. The number of para-hydroxylation sites is 3. The van der Waals surface area contributed by atoms with E-state index in [0.29, 0.717) is 22.9 Å².